The summed E-state index contributed by atoms with van der Waals surface area (Å²) < 4.78 is 18.9. The molecule has 4 rings (SSSR count). The Morgan fingerprint density at radius 1 is 1.08 bits per heavy atom. The number of amides is 1. The van der Waals surface area contributed by atoms with Crippen molar-refractivity contribution in [3.05, 3.63) is 35.6 Å². The zero-order chi connectivity index (χ0) is 17.3. The van der Waals surface area contributed by atoms with Crippen LogP contribution < -0.4 is 0 Å². The molecule has 0 bridgehead atoms. The first-order valence-corrected chi connectivity index (χ1v) is 9.56. The summed E-state index contributed by atoms with van der Waals surface area (Å²) in [6, 6.07) is 7.02. The van der Waals surface area contributed by atoms with Gasteiger partial charge in [0.05, 0.1) is 5.41 Å². The van der Waals surface area contributed by atoms with E-state index in [1.165, 1.54) is 38.1 Å². The lowest BCUT2D eigenvalue weighted by molar-refractivity contribution is -0.140. The Hall–Kier alpha value is -1.46. The lowest BCUT2D eigenvalue weighted by Crippen LogP contribution is -2.50. The third-order valence-corrected chi connectivity index (χ3v) is 6.26. The number of hydrogen-bond donors (Lipinski definition) is 0. The van der Waals surface area contributed by atoms with Gasteiger partial charge in [-0.1, -0.05) is 12.1 Å². The summed E-state index contributed by atoms with van der Waals surface area (Å²) in [5.41, 5.74) is 0.387. The molecule has 0 unspecified atom stereocenters. The maximum absolute atomic E-state index is 13.5. The van der Waals surface area contributed by atoms with E-state index in [2.05, 4.69) is 9.80 Å². The Balaban J connectivity index is 1.55. The number of hydrogen-bond acceptors (Lipinski definition) is 3. The molecule has 0 spiro atoms. The van der Waals surface area contributed by atoms with Crippen molar-refractivity contribution in [2.75, 3.05) is 39.4 Å². The van der Waals surface area contributed by atoms with E-state index in [1.54, 1.807) is 12.1 Å². The van der Waals surface area contributed by atoms with Gasteiger partial charge in [0, 0.05) is 32.3 Å². The first-order valence-electron chi connectivity index (χ1n) is 9.56. The maximum Gasteiger partial charge on any atom is 0.233 e. The molecule has 1 aromatic rings. The van der Waals surface area contributed by atoms with Gasteiger partial charge in [-0.15, -0.1) is 0 Å². The highest BCUT2D eigenvalue weighted by Gasteiger charge is 2.46. The van der Waals surface area contributed by atoms with Crippen LogP contribution in [0.5, 0.6) is 0 Å². The Bertz CT molecular complexity index is 607. The van der Waals surface area contributed by atoms with E-state index in [0.717, 1.165) is 25.1 Å². The third kappa shape index (κ3) is 3.20. The summed E-state index contributed by atoms with van der Waals surface area (Å²) in [6.45, 7) is 5.19. The smallest absolute Gasteiger partial charge is 0.233 e. The third-order valence-electron chi connectivity index (χ3n) is 6.26. The first kappa shape index (κ1) is 17.0. The molecule has 3 saturated heterocycles. The van der Waals surface area contributed by atoms with Crippen molar-refractivity contribution < 1.29 is 13.9 Å². The van der Waals surface area contributed by atoms with Crippen molar-refractivity contribution in [1.82, 2.24) is 9.80 Å². The number of nitrogens with zero attached hydrogens (tertiary/aromatic N) is 2. The number of rotatable bonds is 3. The summed E-state index contributed by atoms with van der Waals surface area (Å²) >= 11 is 0. The van der Waals surface area contributed by atoms with Gasteiger partial charge in [0.1, 0.15) is 5.82 Å². The van der Waals surface area contributed by atoms with Crippen molar-refractivity contribution in [3.8, 4) is 0 Å². The molecule has 1 aromatic carbocycles. The average molecular weight is 346 g/mol. The van der Waals surface area contributed by atoms with Crippen LogP contribution in [0.2, 0.25) is 0 Å². The van der Waals surface area contributed by atoms with E-state index in [1.807, 2.05) is 0 Å². The highest BCUT2D eigenvalue weighted by molar-refractivity contribution is 5.88. The Morgan fingerprint density at radius 3 is 2.44 bits per heavy atom. The van der Waals surface area contributed by atoms with Gasteiger partial charge in [-0.05, 0) is 62.9 Å². The van der Waals surface area contributed by atoms with E-state index in [4.69, 9.17) is 4.74 Å². The highest BCUT2D eigenvalue weighted by Crippen LogP contribution is 2.38. The molecule has 0 radical (unpaired) electrons. The van der Waals surface area contributed by atoms with Crippen molar-refractivity contribution in [2.24, 2.45) is 0 Å². The van der Waals surface area contributed by atoms with Crippen LogP contribution in [0.1, 0.15) is 37.7 Å². The molecule has 3 heterocycles. The van der Waals surface area contributed by atoms with Crippen LogP contribution in [0.3, 0.4) is 0 Å². The van der Waals surface area contributed by atoms with E-state index in [0.29, 0.717) is 32.1 Å². The minimum atomic E-state index is -0.550. The standard InChI is InChI=1S/C20H27FN2O2/c21-17-5-3-16(4-6-17)20(8-13-25-14-9-20)19(24)23-12-7-18(15-23)22-10-1-2-11-22/h3-6,18H,1-2,7-15H2/t18-/m0/s1. The monoisotopic (exact) mass is 346 g/mol. The van der Waals surface area contributed by atoms with Crippen molar-refractivity contribution in [3.63, 3.8) is 0 Å². The van der Waals surface area contributed by atoms with E-state index in [9.17, 15) is 9.18 Å². The molecule has 136 valence electrons. The second-order valence-electron chi connectivity index (χ2n) is 7.64. The quantitative estimate of drug-likeness (QED) is 0.843. The molecule has 0 aromatic heterocycles. The van der Waals surface area contributed by atoms with E-state index >= 15 is 0 Å². The molecule has 3 aliphatic heterocycles. The molecule has 3 fully saturated rings. The van der Waals surface area contributed by atoms with Gasteiger partial charge in [-0.3, -0.25) is 9.69 Å². The fraction of sp³-hybridized carbons (Fsp3) is 0.650. The summed E-state index contributed by atoms with van der Waals surface area (Å²) in [6.07, 6.45) is 5.00. The van der Waals surface area contributed by atoms with Crippen LogP contribution in [0.15, 0.2) is 24.3 Å². The summed E-state index contributed by atoms with van der Waals surface area (Å²) in [5.74, 6) is -0.0437. The largest absolute Gasteiger partial charge is 0.381 e. The van der Waals surface area contributed by atoms with Gasteiger partial charge in [0.2, 0.25) is 5.91 Å². The van der Waals surface area contributed by atoms with Gasteiger partial charge >= 0.3 is 0 Å². The predicted molar refractivity (Wildman–Crippen MR) is 93.9 cm³/mol. The van der Waals surface area contributed by atoms with Crippen molar-refractivity contribution in [1.29, 1.82) is 0 Å². The van der Waals surface area contributed by atoms with Gasteiger partial charge < -0.3 is 9.64 Å². The van der Waals surface area contributed by atoms with Gasteiger partial charge in [0.25, 0.3) is 0 Å². The Kier molecular flexibility index (Phi) is 4.78. The summed E-state index contributed by atoms with van der Waals surface area (Å²) in [4.78, 5) is 18.1. The number of carbonyl (C=O) groups excluding carboxylic acids is 1. The lowest BCUT2D eigenvalue weighted by Gasteiger charge is -2.39. The summed E-state index contributed by atoms with van der Waals surface area (Å²) in [7, 11) is 0. The molecule has 0 N–H and O–H groups in total. The molecule has 1 atom stereocenters. The molecular formula is C20H27FN2O2. The first-order chi connectivity index (χ1) is 12.2. The van der Waals surface area contributed by atoms with Gasteiger partial charge in [-0.25, -0.2) is 4.39 Å². The number of likely N-dealkylation sites (tertiary alicyclic amines) is 2. The molecule has 1 amide bonds. The molecule has 25 heavy (non-hydrogen) atoms. The predicted octanol–water partition coefficient (Wildman–Crippen LogP) is 2.57. The van der Waals surface area contributed by atoms with Crippen LogP contribution in [-0.2, 0) is 14.9 Å². The van der Waals surface area contributed by atoms with Crippen LogP contribution in [0.25, 0.3) is 0 Å². The topological polar surface area (TPSA) is 32.8 Å². The lowest BCUT2D eigenvalue weighted by atomic mass is 9.73. The minimum Gasteiger partial charge on any atom is -0.381 e. The number of ether oxygens (including phenoxy) is 1. The Morgan fingerprint density at radius 2 is 1.76 bits per heavy atom. The molecule has 5 heteroatoms. The second-order valence-corrected chi connectivity index (χ2v) is 7.64. The highest BCUT2D eigenvalue weighted by atomic mass is 19.1. The minimum absolute atomic E-state index is 0.212. The zero-order valence-electron chi connectivity index (χ0n) is 14.8. The van der Waals surface area contributed by atoms with E-state index < -0.39 is 5.41 Å². The van der Waals surface area contributed by atoms with E-state index in [-0.39, 0.29) is 11.7 Å². The Labute approximate surface area is 148 Å². The van der Waals surface area contributed by atoms with Crippen LogP contribution in [0, 0.1) is 5.82 Å². The van der Waals surface area contributed by atoms with Gasteiger partial charge in [-0.2, -0.15) is 0 Å². The molecule has 0 aliphatic carbocycles. The molecule has 3 aliphatic rings. The number of halogens is 1. The molecular weight excluding hydrogens is 319 g/mol. The van der Waals surface area contributed by atoms with Crippen LogP contribution >= 0.6 is 0 Å². The van der Waals surface area contributed by atoms with Crippen molar-refractivity contribution in [2.45, 2.75) is 43.6 Å². The van der Waals surface area contributed by atoms with Crippen LogP contribution in [-0.4, -0.2) is 61.1 Å². The molecule has 0 saturated carbocycles. The normalized spacial score (nSPS) is 26.9. The number of benzene rings is 1. The second kappa shape index (κ2) is 7.04. The zero-order valence-corrected chi connectivity index (χ0v) is 14.8. The average Bonchev–Trinajstić information content (AvgIpc) is 3.33. The van der Waals surface area contributed by atoms with Crippen molar-refractivity contribution >= 4 is 5.91 Å². The maximum atomic E-state index is 13.5. The van der Waals surface area contributed by atoms with Crippen LogP contribution in [0.4, 0.5) is 4.39 Å². The summed E-state index contributed by atoms with van der Waals surface area (Å²) in [5, 5.41) is 0. The van der Waals surface area contributed by atoms with Gasteiger partial charge in [0.15, 0.2) is 0 Å². The fourth-order valence-electron chi connectivity index (χ4n) is 4.75. The fourth-order valence-corrected chi connectivity index (χ4v) is 4.75. The molecule has 4 nitrogen and oxygen atoms in total. The SMILES string of the molecule is O=C(N1CC[C@H](N2CCCC2)C1)C1(c2ccc(F)cc2)CCOCC1. The number of carbonyl (C=O) groups is 1.